The minimum Gasteiger partial charge on any atom is -0.493 e. The number of aromatic amines is 1. The Balaban J connectivity index is 2.00. The van der Waals surface area contributed by atoms with Gasteiger partial charge in [-0.15, -0.1) is 0 Å². The number of aromatic nitrogens is 2. The normalized spacial score (nSPS) is 10.4. The van der Waals surface area contributed by atoms with Gasteiger partial charge in [0.05, 0.1) is 19.9 Å². The van der Waals surface area contributed by atoms with Crippen LogP contribution in [0.4, 0.5) is 0 Å². The number of rotatable bonds is 6. The number of nitriles is 1. The highest BCUT2D eigenvalue weighted by atomic mass is 35.5. The van der Waals surface area contributed by atoms with Crippen LogP contribution in [-0.4, -0.2) is 24.2 Å². The van der Waals surface area contributed by atoms with Crippen molar-refractivity contribution in [2.45, 2.75) is 10.9 Å². The molecule has 3 rings (SSSR count). The van der Waals surface area contributed by atoms with Crippen molar-refractivity contribution in [2.24, 2.45) is 0 Å². The van der Waals surface area contributed by atoms with Crippen LogP contribution in [0.1, 0.15) is 11.1 Å². The van der Waals surface area contributed by atoms with E-state index in [2.05, 4.69) is 9.97 Å². The number of benzene rings is 2. The molecular formula is C20H16ClN3O3S. The number of nitrogens with zero attached hydrogens (tertiary/aromatic N) is 2. The molecule has 0 spiro atoms. The molecule has 28 heavy (non-hydrogen) atoms. The fourth-order valence-electron chi connectivity index (χ4n) is 2.58. The molecule has 0 saturated carbocycles. The number of halogens is 1. The number of nitrogens with one attached hydrogen (secondary N) is 1. The highest BCUT2D eigenvalue weighted by molar-refractivity contribution is 7.98. The first-order chi connectivity index (χ1) is 13.6. The zero-order valence-electron chi connectivity index (χ0n) is 15.2. The zero-order valence-corrected chi connectivity index (χ0v) is 16.7. The molecule has 0 atom stereocenters. The summed E-state index contributed by atoms with van der Waals surface area (Å²) in [6.45, 7) is 0. The van der Waals surface area contributed by atoms with Gasteiger partial charge in [0, 0.05) is 16.3 Å². The molecule has 1 heterocycles. The third-order valence-corrected chi connectivity index (χ3v) is 5.28. The molecule has 1 N–H and O–H groups in total. The van der Waals surface area contributed by atoms with Gasteiger partial charge in [0.25, 0.3) is 5.56 Å². The lowest BCUT2D eigenvalue weighted by atomic mass is 10.1. The van der Waals surface area contributed by atoms with Crippen molar-refractivity contribution in [3.63, 3.8) is 0 Å². The summed E-state index contributed by atoms with van der Waals surface area (Å²) in [5.74, 6) is 1.55. The van der Waals surface area contributed by atoms with Crippen LogP contribution in [0.3, 0.4) is 0 Å². The Hall–Kier alpha value is -2.95. The van der Waals surface area contributed by atoms with Gasteiger partial charge in [0.1, 0.15) is 11.6 Å². The van der Waals surface area contributed by atoms with Gasteiger partial charge in [-0.05, 0) is 29.8 Å². The number of methoxy groups -OCH3 is 2. The largest absolute Gasteiger partial charge is 0.493 e. The van der Waals surface area contributed by atoms with Crippen molar-refractivity contribution in [3.8, 4) is 28.8 Å². The second kappa shape index (κ2) is 8.83. The van der Waals surface area contributed by atoms with Crippen molar-refractivity contribution in [2.75, 3.05) is 14.2 Å². The molecule has 3 aromatic rings. The summed E-state index contributed by atoms with van der Waals surface area (Å²) >= 11 is 7.52. The molecule has 2 aromatic carbocycles. The topological polar surface area (TPSA) is 88.0 Å². The zero-order chi connectivity index (χ0) is 20.1. The predicted molar refractivity (Wildman–Crippen MR) is 109 cm³/mol. The fraction of sp³-hybridized carbons (Fsp3) is 0.150. The van der Waals surface area contributed by atoms with E-state index in [1.54, 1.807) is 18.2 Å². The Labute approximate surface area is 171 Å². The third-order valence-electron chi connectivity index (χ3n) is 3.99. The van der Waals surface area contributed by atoms with Crippen LogP contribution in [0.25, 0.3) is 11.3 Å². The average Bonchev–Trinajstić information content (AvgIpc) is 2.72. The number of ether oxygens (including phenoxy) is 2. The summed E-state index contributed by atoms with van der Waals surface area (Å²) in [4.78, 5) is 19.6. The first kappa shape index (κ1) is 19.8. The lowest BCUT2D eigenvalue weighted by Crippen LogP contribution is -2.14. The van der Waals surface area contributed by atoms with Crippen molar-refractivity contribution < 1.29 is 9.47 Å². The molecule has 0 aliphatic rings. The fourth-order valence-corrected chi connectivity index (χ4v) is 3.73. The Morgan fingerprint density at radius 3 is 2.61 bits per heavy atom. The summed E-state index contributed by atoms with van der Waals surface area (Å²) < 4.78 is 10.5. The molecule has 1 aromatic heterocycles. The van der Waals surface area contributed by atoms with Crippen LogP contribution in [0.15, 0.2) is 52.4 Å². The van der Waals surface area contributed by atoms with Crippen molar-refractivity contribution in [1.82, 2.24) is 9.97 Å². The van der Waals surface area contributed by atoms with E-state index in [1.807, 2.05) is 30.3 Å². The maximum atomic E-state index is 12.4. The van der Waals surface area contributed by atoms with Gasteiger partial charge >= 0.3 is 0 Å². The van der Waals surface area contributed by atoms with Gasteiger partial charge in [0.2, 0.25) is 0 Å². The second-order valence-corrected chi connectivity index (χ2v) is 7.03. The standard InChI is InChI=1S/C20H16ClN3O3S/c1-26-16-8-7-12(9-17(16)27-2)18-14(10-22)19(25)24-20(23-18)28-11-13-5-3-4-6-15(13)21/h3-9H,11H2,1-2H3,(H,23,24,25). The van der Waals surface area contributed by atoms with Crippen molar-refractivity contribution in [1.29, 1.82) is 5.26 Å². The van der Waals surface area contributed by atoms with Crippen LogP contribution in [0.2, 0.25) is 5.02 Å². The van der Waals surface area contributed by atoms with Crippen molar-refractivity contribution >= 4 is 23.4 Å². The van der Waals surface area contributed by atoms with E-state index in [9.17, 15) is 10.1 Å². The van der Waals surface area contributed by atoms with Crippen LogP contribution in [0, 0.1) is 11.3 Å². The van der Waals surface area contributed by atoms with Gasteiger partial charge in [0.15, 0.2) is 16.7 Å². The molecule has 0 saturated heterocycles. The second-order valence-electron chi connectivity index (χ2n) is 5.66. The Bertz CT molecular complexity index is 1110. The quantitative estimate of drug-likeness (QED) is 0.479. The van der Waals surface area contributed by atoms with Gasteiger partial charge in [-0.1, -0.05) is 41.6 Å². The molecule has 0 aliphatic heterocycles. The number of H-pyrrole nitrogens is 1. The maximum absolute atomic E-state index is 12.4. The Kier molecular flexibility index (Phi) is 6.24. The average molecular weight is 414 g/mol. The summed E-state index contributed by atoms with van der Waals surface area (Å²) in [6, 6.07) is 14.5. The summed E-state index contributed by atoms with van der Waals surface area (Å²) in [6.07, 6.45) is 0. The molecule has 0 unspecified atom stereocenters. The first-order valence-corrected chi connectivity index (χ1v) is 9.56. The smallest absolute Gasteiger partial charge is 0.270 e. The van der Waals surface area contributed by atoms with Gasteiger partial charge in [-0.2, -0.15) is 5.26 Å². The van der Waals surface area contributed by atoms with Crippen LogP contribution in [-0.2, 0) is 5.75 Å². The number of thioether (sulfide) groups is 1. The molecule has 0 fully saturated rings. The van der Waals surface area contributed by atoms with Crippen LogP contribution < -0.4 is 15.0 Å². The van der Waals surface area contributed by atoms with Gasteiger partial charge < -0.3 is 14.5 Å². The van der Waals surface area contributed by atoms with E-state index in [4.69, 9.17) is 21.1 Å². The molecule has 0 aliphatic carbocycles. The molecule has 0 amide bonds. The Morgan fingerprint density at radius 2 is 1.93 bits per heavy atom. The van der Waals surface area contributed by atoms with E-state index >= 15 is 0 Å². The highest BCUT2D eigenvalue weighted by Crippen LogP contribution is 2.33. The van der Waals surface area contributed by atoms with E-state index < -0.39 is 5.56 Å². The monoisotopic (exact) mass is 413 g/mol. The van der Waals surface area contributed by atoms with E-state index in [-0.39, 0.29) is 11.3 Å². The SMILES string of the molecule is COc1ccc(-c2nc(SCc3ccccc3Cl)[nH]c(=O)c2C#N)cc1OC. The summed E-state index contributed by atoms with van der Waals surface area (Å²) in [7, 11) is 3.05. The number of hydrogen-bond donors (Lipinski definition) is 1. The van der Waals surface area contributed by atoms with Crippen LogP contribution >= 0.6 is 23.4 Å². The maximum Gasteiger partial charge on any atom is 0.270 e. The molecule has 0 bridgehead atoms. The van der Waals surface area contributed by atoms with Crippen molar-refractivity contribution in [3.05, 3.63) is 69.0 Å². The van der Waals surface area contributed by atoms with Crippen LogP contribution in [0.5, 0.6) is 11.5 Å². The summed E-state index contributed by atoms with van der Waals surface area (Å²) in [5.41, 5.74) is 1.24. The minimum absolute atomic E-state index is 0.0608. The molecular weight excluding hydrogens is 398 g/mol. The van der Waals surface area contributed by atoms with E-state index in [0.29, 0.717) is 33.0 Å². The number of hydrogen-bond acceptors (Lipinski definition) is 6. The molecule has 0 radical (unpaired) electrons. The lowest BCUT2D eigenvalue weighted by molar-refractivity contribution is 0.355. The Morgan fingerprint density at radius 1 is 1.18 bits per heavy atom. The van der Waals surface area contributed by atoms with Gasteiger partial charge in [-0.3, -0.25) is 4.79 Å². The summed E-state index contributed by atoms with van der Waals surface area (Å²) in [5, 5.41) is 10.5. The predicted octanol–water partition coefficient (Wildman–Crippen LogP) is 4.27. The molecule has 142 valence electrons. The van der Waals surface area contributed by atoms with E-state index in [0.717, 1.165) is 5.56 Å². The van der Waals surface area contributed by atoms with Gasteiger partial charge in [-0.25, -0.2) is 4.98 Å². The molecule has 8 heteroatoms. The minimum atomic E-state index is -0.496. The molecule has 6 nitrogen and oxygen atoms in total. The highest BCUT2D eigenvalue weighted by Gasteiger charge is 2.16. The first-order valence-electron chi connectivity index (χ1n) is 8.20. The lowest BCUT2D eigenvalue weighted by Gasteiger charge is -2.11. The third kappa shape index (κ3) is 4.14. The van der Waals surface area contributed by atoms with E-state index in [1.165, 1.54) is 26.0 Å².